The summed E-state index contributed by atoms with van der Waals surface area (Å²) in [6.07, 6.45) is 11.0. The van der Waals surface area contributed by atoms with Crippen molar-refractivity contribution in [1.82, 2.24) is 19.5 Å². The fourth-order valence-corrected chi connectivity index (χ4v) is 6.71. The van der Waals surface area contributed by atoms with Crippen LogP contribution in [0.1, 0.15) is 86.4 Å². The number of nitrogens with zero attached hydrogens (tertiary/aromatic N) is 5. The number of imidazole rings is 1. The molecule has 1 fully saturated rings. The molecule has 1 aromatic carbocycles. The van der Waals surface area contributed by atoms with Gasteiger partial charge in [0.1, 0.15) is 5.82 Å². The zero-order valence-electron chi connectivity index (χ0n) is 22.2. The average molecular weight is 518 g/mol. The summed E-state index contributed by atoms with van der Waals surface area (Å²) in [5, 5.41) is 9.78. The Kier molecular flexibility index (Phi) is 6.53. The van der Waals surface area contributed by atoms with Gasteiger partial charge in [0.2, 0.25) is 0 Å². The Morgan fingerprint density at radius 1 is 1.05 bits per heavy atom. The molecular formula is C29H35N5O4. The van der Waals surface area contributed by atoms with Crippen LogP contribution >= 0.6 is 0 Å². The maximum atomic E-state index is 12.7. The van der Waals surface area contributed by atoms with Crippen molar-refractivity contribution in [3.8, 4) is 0 Å². The van der Waals surface area contributed by atoms with E-state index >= 15 is 0 Å². The van der Waals surface area contributed by atoms with Gasteiger partial charge in [0, 0.05) is 30.3 Å². The van der Waals surface area contributed by atoms with Gasteiger partial charge in [0.05, 0.1) is 46.8 Å². The number of hydrogen-bond donors (Lipinski definition) is 1. The molecule has 3 aliphatic rings. The van der Waals surface area contributed by atoms with E-state index in [1.807, 2.05) is 25.3 Å². The molecule has 1 amide bonds. The van der Waals surface area contributed by atoms with Gasteiger partial charge < -0.3 is 14.4 Å². The quantitative estimate of drug-likeness (QED) is 0.517. The van der Waals surface area contributed by atoms with Crippen molar-refractivity contribution in [2.45, 2.75) is 89.6 Å². The molecular weight excluding hydrogens is 482 g/mol. The largest absolute Gasteiger partial charge is 0.481 e. The molecule has 0 unspecified atom stereocenters. The molecule has 0 bridgehead atoms. The van der Waals surface area contributed by atoms with E-state index < -0.39 is 5.97 Å². The zero-order valence-corrected chi connectivity index (χ0v) is 22.2. The van der Waals surface area contributed by atoms with Crippen LogP contribution < -0.4 is 4.90 Å². The van der Waals surface area contributed by atoms with Gasteiger partial charge in [0.15, 0.2) is 0 Å². The van der Waals surface area contributed by atoms with E-state index in [-0.39, 0.29) is 24.1 Å². The van der Waals surface area contributed by atoms with Crippen molar-refractivity contribution < 1.29 is 19.4 Å². The number of fused-ring (bicyclic) bond motifs is 4. The molecule has 9 nitrogen and oxygen atoms in total. The van der Waals surface area contributed by atoms with Gasteiger partial charge in [-0.1, -0.05) is 6.42 Å². The second-order valence-electron chi connectivity index (χ2n) is 11.1. The van der Waals surface area contributed by atoms with Crippen LogP contribution in [0.25, 0.3) is 11.0 Å². The fourth-order valence-electron chi connectivity index (χ4n) is 6.71. The van der Waals surface area contributed by atoms with Crippen LogP contribution in [0.2, 0.25) is 0 Å². The number of rotatable bonds is 4. The molecule has 3 aromatic rings. The lowest BCUT2D eigenvalue weighted by molar-refractivity contribution is -0.143. The Morgan fingerprint density at radius 3 is 2.66 bits per heavy atom. The van der Waals surface area contributed by atoms with Crippen molar-refractivity contribution in [3.63, 3.8) is 0 Å². The first-order valence-corrected chi connectivity index (χ1v) is 13.9. The molecule has 1 aliphatic heterocycles. The molecule has 9 heteroatoms. The van der Waals surface area contributed by atoms with Crippen molar-refractivity contribution >= 4 is 28.8 Å². The first kappa shape index (κ1) is 24.8. The predicted octanol–water partition coefficient (Wildman–Crippen LogP) is 5.02. The summed E-state index contributed by atoms with van der Waals surface area (Å²) < 4.78 is 7.37. The molecule has 0 spiro atoms. The summed E-state index contributed by atoms with van der Waals surface area (Å²) in [5.41, 5.74) is 6.89. The van der Waals surface area contributed by atoms with Crippen LogP contribution in [0, 0.1) is 5.92 Å². The van der Waals surface area contributed by atoms with Crippen molar-refractivity contribution in [2.24, 2.45) is 5.92 Å². The maximum Gasteiger partial charge on any atom is 0.414 e. The second kappa shape index (κ2) is 10.0. The normalized spacial score (nSPS) is 23.1. The number of carboxylic acid groups (broad SMARTS) is 1. The number of hydrogen-bond acceptors (Lipinski definition) is 6. The minimum Gasteiger partial charge on any atom is -0.481 e. The van der Waals surface area contributed by atoms with Crippen LogP contribution in [0.3, 0.4) is 0 Å². The summed E-state index contributed by atoms with van der Waals surface area (Å²) in [6.45, 7) is 2.04. The summed E-state index contributed by atoms with van der Waals surface area (Å²) in [4.78, 5) is 41.2. The molecule has 0 saturated heterocycles. The van der Waals surface area contributed by atoms with E-state index in [0.717, 1.165) is 96.6 Å². The summed E-state index contributed by atoms with van der Waals surface area (Å²) >= 11 is 0. The lowest BCUT2D eigenvalue weighted by atomic mass is 9.85. The molecule has 0 radical (unpaired) electrons. The number of methoxy groups -OCH3 is 1. The van der Waals surface area contributed by atoms with Gasteiger partial charge in [-0.05, 0) is 76.8 Å². The Balaban J connectivity index is 1.47. The smallest absolute Gasteiger partial charge is 0.414 e. The van der Waals surface area contributed by atoms with Crippen molar-refractivity contribution in [2.75, 3.05) is 12.0 Å². The van der Waals surface area contributed by atoms with Crippen LogP contribution in [-0.2, 0) is 35.2 Å². The predicted molar refractivity (Wildman–Crippen MR) is 143 cm³/mol. The Bertz CT molecular complexity index is 1400. The number of aryl methyl sites for hydroxylation is 3. The van der Waals surface area contributed by atoms with Gasteiger partial charge in [-0.2, -0.15) is 0 Å². The third kappa shape index (κ3) is 4.31. The van der Waals surface area contributed by atoms with Gasteiger partial charge >= 0.3 is 12.1 Å². The second-order valence-corrected chi connectivity index (χ2v) is 11.1. The number of anilines is 1. The van der Waals surface area contributed by atoms with E-state index in [0.29, 0.717) is 19.3 Å². The minimum absolute atomic E-state index is 0.0365. The Labute approximate surface area is 222 Å². The number of amides is 1. The lowest BCUT2D eigenvalue weighted by Crippen LogP contribution is -2.42. The number of carbonyl (C=O) groups is 2. The van der Waals surface area contributed by atoms with Crippen LogP contribution in [0.4, 0.5) is 10.5 Å². The highest BCUT2D eigenvalue weighted by Crippen LogP contribution is 2.41. The highest BCUT2D eigenvalue weighted by Gasteiger charge is 2.34. The standard InChI is InChI=1S/C29H35N5O4/c1-17-10-11-21-24(33(17)29(37)38-2)12-13-25-27(21)32-26(34(25)20-7-5-6-18(14-20)28(35)36)15-19-16-30-22-8-3-4-9-23(22)31-19/h12-13,16-18,20H,3-11,14-15H2,1-2H3,(H,35,36)/t17-,18+,20+/m0/s1. The number of carboxylic acids is 1. The van der Waals surface area contributed by atoms with Crippen LogP contribution in [0.15, 0.2) is 18.3 Å². The molecule has 3 atom stereocenters. The number of benzene rings is 1. The van der Waals surface area contributed by atoms with Gasteiger partial charge in [-0.25, -0.2) is 9.78 Å². The van der Waals surface area contributed by atoms with Gasteiger partial charge in [0.25, 0.3) is 0 Å². The summed E-state index contributed by atoms with van der Waals surface area (Å²) in [6, 6.07) is 4.13. The third-order valence-corrected chi connectivity index (χ3v) is 8.66. The first-order valence-electron chi connectivity index (χ1n) is 13.9. The molecule has 3 heterocycles. The van der Waals surface area contributed by atoms with Crippen LogP contribution in [0.5, 0.6) is 0 Å². The molecule has 200 valence electrons. The average Bonchev–Trinajstić information content (AvgIpc) is 3.30. The molecule has 1 saturated carbocycles. The lowest BCUT2D eigenvalue weighted by Gasteiger charge is -2.34. The van der Waals surface area contributed by atoms with Crippen molar-refractivity contribution in [3.05, 3.63) is 46.8 Å². The number of aliphatic carboxylic acids is 1. The van der Waals surface area contributed by atoms with Crippen LogP contribution in [-0.4, -0.2) is 49.8 Å². The number of ether oxygens (including phenoxy) is 1. The highest BCUT2D eigenvalue weighted by molar-refractivity contribution is 5.95. The SMILES string of the molecule is COC(=O)N1c2ccc3c(nc(Cc4cnc5c(n4)CCCC5)n3[C@@H]3CCC[C@@H](C(=O)O)C3)c2CC[C@@H]1C. The van der Waals surface area contributed by atoms with E-state index in [4.69, 9.17) is 19.7 Å². The third-order valence-electron chi connectivity index (χ3n) is 8.66. The van der Waals surface area contributed by atoms with E-state index in [9.17, 15) is 14.7 Å². The van der Waals surface area contributed by atoms with E-state index in [1.165, 1.54) is 7.11 Å². The zero-order chi connectivity index (χ0) is 26.4. The highest BCUT2D eigenvalue weighted by atomic mass is 16.5. The minimum atomic E-state index is -0.721. The molecule has 6 rings (SSSR count). The summed E-state index contributed by atoms with van der Waals surface area (Å²) in [5.74, 6) is -0.185. The van der Waals surface area contributed by atoms with Gasteiger partial charge in [-0.15, -0.1) is 0 Å². The van der Waals surface area contributed by atoms with Gasteiger partial charge in [-0.3, -0.25) is 19.7 Å². The fraction of sp³-hybridized carbons (Fsp3) is 0.552. The maximum absolute atomic E-state index is 12.7. The molecule has 38 heavy (non-hydrogen) atoms. The number of carbonyl (C=O) groups excluding carboxylic acids is 1. The Morgan fingerprint density at radius 2 is 1.87 bits per heavy atom. The van der Waals surface area contributed by atoms with Crippen molar-refractivity contribution in [1.29, 1.82) is 0 Å². The van der Waals surface area contributed by atoms with E-state index in [1.54, 1.807) is 4.90 Å². The van der Waals surface area contributed by atoms with E-state index in [2.05, 4.69) is 4.57 Å². The molecule has 2 aliphatic carbocycles. The number of aromatic nitrogens is 4. The first-order chi connectivity index (χ1) is 18.4. The summed E-state index contributed by atoms with van der Waals surface area (Å²) in [7, 11) is 1.41. The Hall–Kier alpha value is -3.49. The molecule has 1 N–H and O–H groups in total. The molecule has 2 aromatic heterocycles. The monoisotopic (exact) mass is 517 g/mol. The topological polar surface area (TPSA) is 110 Å².